The minimum atomic E-state index is -1.08. The van der Waals surface area contributed by atoms with Gasteiger partial charge in [0.1, 0.15) is 12.4 Å². The Bertz CT molecular complexity index is 592. The van der Waals surface area contributed by atoms with Gasteiger partial charge in [-0.3, -0.25) is 14.6 Å². The van der Waals surface area contributed by atoms with Gasteiger partial charge < -0.3 is 5.11 Å². The van der Waals surface area contributed by atoms with Gasteiger partial charge in [-0.15, -0.1) is 0 Å². The number of hydrogen-bond acceptors (Lipinski definition) is 4. The fourth-order valence-corrected chi connectivity index (χ4v) is 1.73. The number of carbonyl (C=O) groups is 1. The standard InChI is InChI=1S/C15H15FN2O3/c16-13-5-1-4-12(7-13)14(19)8-15(20)18-21-10-11-3-2-6-17-9-11/h1-7,9,14,19H,8,10H2,(H,18,20). The topological polar surface area (TPSA) is 71.5 Å². The second-order valence-electron chi connectivity index (χ2n) is 4.45. The highest BCUT2D eigenvalue weighted by Gasteiger charge is 2.13. The van der Waals surface area contributed by atoms with Crippen LogP contribution in [0.4, 0.5) is 4.39 Å². The molecule has 2 rings (SSSR count). The molecule has 1 heterocycles. The number of nitrogens with zero attached hydrogens (tertiary/aromatic N) is 1. The predicted octanol–water partition coefficient (Wildman–Crippen LogP) is 1.89. The molecule has 1 amide bonds. The van der Waals surface area contributed by atoms with Crippen LogP contribution >= 0.6 is 0 Å². The Morgan fingerprint density at radius 3 is 2.95 bits per heavy atom. The molecule has 0 saturated heterocycles. The Balaban J connectivity index is 1.76. The number of aliphatic hydroxyl groups excluding tert-OH is 1. The van der Waals surface area contributed by atoms with Crippen molar-refractivity contribution in [1.29, 1.82) is 0 Å². The molecule has 1 aromatic heterocycles. The Labute approximate surface area is 121 Å². The Hall–Kier alpha value is -2.31. The first-order valence-corrected chi connectivity index (χ1v) is 6.38. The van der Waals surface area contributed by atoms with Crippen molar-refractivity contribution in [3.05, 3.63) is 65.7 Å². The van der Waals surface area contributed by atoms with Crippen LogP contribution in [-0.2, 0) is 16.2 Å². The van der Waals surface area contributed by atoms with Crippen LogP contribution in [0.25, 0.3) is 0 Å². The lowest BCUT2D eigenvalue weighted by Crippen LogP contribution is -2.25. The van der Waals surface area contributed by atoms with Gasteiger partial charge >= 0.3 is 0 Å². The number of aliphatic hydroxyl groups is 1. The third kappa shape index (κ3) is 4.94. The molecule has 0 fully saturated rings. The fraction of sp³-hybridized carbons (Fsp3) is 0.200. The van der Waals surface area contributed by atoms with Gasteiger partial charge in [-0.1, -0.05) is 18.2 Å². The maximum atomic E-state index is 13.0. The number of nitrogens with one attached hydrogen (secondary N) is 1. The molecule has 6 heteroatoms. The van der Waals surface area contributed by atoms with Crippen LogP contribution in [0.5, 0.6) is 0 Å². The van der Waals surface area contributed by atoms with E-state index in [1.165, 1.54) is 18.2 Å². The first-order chi connectivity index (χ1) is 10.1. The van der Waals surface area contributed by atoms with Crippen LogP contribution in [0.1, 0.15) is 23.7 Å². The average molecular weight is 290 g/mol. The molecule has 0 radical (unpaired) electrons. The summed E-state index contributed by atoms with van der Waals surface area (Å²) in [5.74, 6) is -0.949. The number of benzene rings is 1. The van der Waals surface area contributed by atoms with E-state index in [2.05, 4.69) is 10.5 Å². The molecule has 5 nitrogen and oxygen atoms in total. The van der Waals surface area contributed by atoms with E-state index in [1.54, 1.807) is 30.6 Å². The van der Waals surface area contributed by atoms with Gasteiger partial charge in [0, 0.05) is 12.4 Å². The molecule has 21 heavy (non-hydrogen) atoms. The van der Waals surface area contributed by atoms with Gasteiger partial charge in [-0.25, -0.2) is 9.87 Å². The molecule has 0 spiro atoms. The quantitative estimate of drug-likeness (QED) is 0.797. The van der Waals surface area contributed by atoms with E-state index in [4.69, 9.17) is 4.84 Å². The summed E-state index contributed by atoms with van der Waals surface area (Å²) in [5, 5.41) is 9.84. The van der Waals surface area contributed by atoms with Crippen molar-refractivity contribution in [2.24, 2.45) is 0 Å². The third-order valence-corrected chi connectivity index (χ3v) is 2.76. The zero-order chi connectivity index (χ0) is 15.1. The number of hydroxylamine groups is 1. The van der Waals surface area contributed by atoms with Crippen LogP contribution in [0.2, 0.25) is 0 Å². The largest absolute Gasteiger partial charge is 0.388 e. The molecule has 0 bridgehead atoms. The number of pyridine rings is 1. The van der Waals surface area contributed by atoms with E-state index < -0.39 is 17.8 Å². The van der Waals surface area contributed by atoms with Crippen molar-refractivity contribution in [2.45, 2.75) is 19.1 Å². The second kappa shape index (κ2) is 7.47. The van der Waals surface area contributed by atoms with Crippen LogP contribution in [0.3, 0.4) is 0 Å². The lowest BCUT2D eigenvalue weighted by molar-refractivity contribution is -0.136. The lowest BCUT2D eigenvalue weighted by atomic mass is 10.1. The highest BCUT2D eigenvalue weighted by molar-refractivity contribution is 5.75. The van der Waals surface area contributed by atoms with Crippen molar-refractivity contribution in [3.63, 3.8) is 0 Å². The summed E-state index contributed by atoms with van der Waals surface area (Å²) in [6.45, 7) is 0.176. The molecule has 0 aliphatic heterocycles. The van der Waals surface area contributed by atoms with Crippen LogP contribution in [-0.4, -0.2) is 16.0 Å². The van der Waals surface area contributed by atoms with Crippen LogP contribution < -0.4 is 5.48 Å². The average Bonchev–Trinajstić information content (AvgIpc) is 2.48. The van der Waals surface area contributed by atoms with Gasteiger partial charge in [0.15, 0.2) is 0 Å². The first kappa shape index (κ1) is 15.1. The highest BCUT2D eigenvalue weighted by atomic mass is 19.1. The molecule has 110 valence electrons. The van der Waals surface area contributed by atoms with Gasteiger partial charge in [0.2, 0.25) is 5.91 Å². The number of carbonyl (C=O) groups excluding carboxylic acids is 1. The van der Waals surface area contributed by atoms with Crippen LogP contribution in [0, 0.1) is 5.82 Å². The van der Waals surface area contributed by atoms with Gasteiger partial charge in [0.25, 0.3) is 0 Å². The molecule has 1 atom stereocenters. The van der Waals surface area contributed by atoms with E-state index in [9.17, 15) is 14.3 Å². The Morgan fingerprint density at radius 1 is 1.38 bits per heavy atom. The summed E-state index contributed by atoms with van der Waals surface area (Å²) in [6, 6.07) is 9.05. The molecular formula is C15H15FN2O3. The first-order valence-electron chi connectivity index (χ1n) is 6.38. The fourth-order valence-electron chi connectivity index (χ4n) is 1.73. The zero-order valence-electron chi connectivity index (χ0n) is 11.2. The van der Waals surface area contributed by atoms with Crippen molar-refractivity contribution in [3.8, 4) is 0 Å². The van der Waals surface area contributed by atoms with E-state index in [1.807, 2.05) is 0 Å². The summed E-state index contributed by atoms with van der Waals surface area (Å²) < 4.78 is 13.0. The molecule has 0 aliphatic carbocycles. The minimum Gasteiger partial charge on any atom is -0.388 e. The number of halogens is 1. The zero-order valence-corrected chi connectivity index (χ0v) is 11.2. The summed E-state index contributed by atoms with van der Waals surface area (Å²) in [7, 11) is 0. The smallest absolute Gasteiger partial charge is 0.246 e. The third-order valence-electron chi connectivity index (χ3n) is 2.76. The second-order valence-corrected chi connectivity index (χ2v) is 4.45. The highest BCUT2D eigenvalue weighted by Crippen LogP contribution is 2.17. The van der Waals surface area contributed by atoms with Crippen molar-refractivity contribution < 1.29 is 19.1 Å². The maximum Gasteiger partial charge on any atom is 0.246 e. The van der Waals surface area contributed by atoms with E-state index >= 15 is 0 Å². The monoisotopic (exact) mass is 290 g/mol. The van der Waals surface area contributed by atoms with Crippen molar-refractivity contribution >= 4 is 5.91 Å². The minimum absolute atomic E-state index is 0.176. The van der Waals surface area contributed by atoms with E-state index in [-0.39, 0.29) is 13.0 Å². The predicted molar refractivity (Wildman–Crippen MR) is 73.1 cm³/mol. The summed E-state index contributed by atoms with van der Waals surface area (Å²) in [6.07, 6.45) is 1.96. The Kier molecular flexibility index (Phi) is 5.36. The normalized spacial score (nSPS) is 11.9. The molecule has 0 saturated carbocycles. The van der Waals surface area contributed by atoms with Gasteiger partial charge in [0.05, 0.1) is 12.5 Å². The number of amides is 1. The SMILES string of the molecule is O=C(CC(O)c1cccc(F)c1)NOCc1cccnc1. The van der Waals surface area contributed by atoms with Crippen molar-refractivity contribution in [1.82, 2.24) is 10.5 Å². The molecule has 1 aromatic carbocycles. The van der Waals surface area contributed by atoms with Crippen molar-refractivity contribution in [2.75, 3.05) is 0 Å². The number of aromatic nitrogens is 1. The molecule has 2 N–H and O–H groups in total. The number of rotatable bonds is 6. The lowest BCUT2D eigenvalue weighted by Gasteiger charge is -2.11. The van der Waals surface area contributed by atoms with Crippen LogP contribution in [0.15, 0.2) is 48.8 Å². The molecule has 0 aliphatic rings. The van der Waals surface area contributed by atoms with Gasteiger partial charge in [-0.05, 0) is 29.3 Å². The maximum absolute atomic E-state index is 13.0. The summed E-state index contributed by atoms with van der Waals surface area (Å²) >= 11 is 0. The molecular weight excluding hydrogens is 275 g/mol. The molecule has 1 unspecified atom stereocenters. The Morgan fingerprint density at radius 2 is 2.24 bits per heavy atom. The molecule has 2 aromatic rings. The van der Waals surface area contributed by atoms with Gasteiger partial charge in [-0.2, -0.15) is 0 Å². The number of hydrogen-bond donors (Lipinski definition) is 2. The van der Waals surface area contributed by atoms with E-state index in [0.717, 1.165) is 5.56 Å². The van der Waals surface area contributed by atoms with E-state index in [0.29, 0.717) is 5.56 Å². The summed E-state index contributed by atoms with van der Waals surface area (Å²) in [5.41, 5.74) is 3.38. The summed E-state index contributed by atoms with van der Waals surface area (Å²) in [4.78, 5) is 20.5.